The molecule has 120 valence electrons. The minimum absolute atomic E-state index is 0.132. The number of carbonyl (C=O) groups is 2. The van der Waals surface area contributed by atoms with E-state index in [2.05, 4.69) is 16.0 Å². The van der Waals surface area contributed by atoms with E-state index in [0.29, 0.717) is 11.4 Å². The van der Waals surface area contributed by atoms with Crippen molar-refractivity contribution in [3.63, 3.8) is 0 Å². The van der Waals surface area contributed by atoms with Gasteiger partial charge in [-0.1, -0.05) is 18.2 Å². The molecule has 6 heteroatoms. The number of urea groups is 1. The van der Waals surface area contributed by atoms with Crippen molar-refractivity contribution < 1.29 is 14.3 Å². The van der Waals surface area contributed by atoms with E-state index in [4.69, 9.17) is 4.74 Å². The molecule has 0 spiro atoms. The summed E-state index contributed by atoms with van der Waals surface area (Å²) in [6, 6.07) is 14.0. The fraction of sp³-hybridized carbons (Fsp3) is 0.176. The zero-order valence-corrected chi connectivity index (χ0v) is 13.1. The molecule has 0 fully saturated rings. The summed E-state index contributed by atoms with van der Waals surface area (Å²) in [6.45, 7) is 0. The van der Waals surface area contributed by atoms with E-state index in [-0.39, 0.29) is 18.4 Å². The van der Waals surface area contributed by atoms with E-state index >= 15 is 0 Å². The van der Waals surface area contributed by atoms with Gasteiger partial charge in [0.15, 0.2) is 0 Å². The van der Waals surface area contributed by atoms with Gasteiger partial charge in [0.05, 0.1) is 13.5 Å². The molecule has 2 rings (SSSR count). The first-order valence-electron chi connectivity index (χ1n) is 7.12. The van der Waals surface area contributed by atoms with Gasteiger partial charge in [0.25, 0.3) is 0 Å². The summed E-state index contributed by atoms with van der Waals surface area (Å²) in [5, 5.41) is 7.93. The average molecular weight is 313 g/mol. The lowest BCUT2D eigenvalue weighted by molar-refractivity contribution is -0.115. The van der Waals surface area contributed by atoms with E-state index in [1.54, 1.807) is 31.4 Å². The Morgan fingerprint density at radius 2 is 1.65 bits per heavy atom. The molecule has 3 amide bonds. The summed E-state index contributed by atoms with van der Waals surface area (Å²) in [6.07, 6.45) is 0.261. The van der Waals surface area contributed by atoms with Crippen molar-refractivity contribution in [1.82, 2.24) is 5.32 Å². The molecule has 0 saturated carbocycles. The molecule has 0 saturated heterocycles. The van der Waals surface area contributed by atoms with Crippen LogP contribution in [0.25, 0.3) is 0 Å². The highest BCUT2D eigenvalue weighted by Crippen LogP contribution is 2.16. The molecular weight excluding hydrogens is 294 g/mol. The van der Waals surface area contributed by atoms with E-state index in [1.807, 2.05) is 24.3 Å². The number of rotatable bonds is 5. The molecule has 2 aromatic rings. The van der Waals surface area contributed by atoms with Gasteiger partial charge in [-0.2, -0.15) is 0 Å². The van der Waals surface area contributed by atoms with Crippen LogP contribution in [0.4, 0.5) is 16.2 Å². The van der Waals surface area contributed by atoms with Gasteiger partial charge < -0.3 is 20.7 Å². The van der Waals surface area contributed by atoms with Crippen molar-refractivity contribution in [3.05, 3.63) is 54.1 Å². The summed E-state index contributed by atoms with van der Waals surface area (Å²) in [5.41, 5.74) is 2.12. The lowest BCUT2D eigenvalue weighted by Crippen LogP contribution is -2.24. The molecule has 23 heavy (non-hydrogen) atoms. The Hall–Kier alpha value is -3.02. The van der Waals surface area contributed by atoms with Crippen LogP contribution in [-0.2, 0) is 11.2 Å². The second-order valence-corrected chi connectivity index (χ2v) is 4.86. The lowest BCUT2D eigenvalue weighted by Gasteiger charge is -2.09. The third-order valence-electron chi connectivity index (χ3n) is 3.15. The molecule has 0 radical (unpaired) electrons. The number of anilines is 2. The molecular formula is C17H19N3O3. The van der Waals surface area contributed by atoms with Crippen molar-refractivity contribution in [1.29, 1.82) is 0 Å². The Morgan fingerprint density at radius 3 is 2.26 bits per heavy atom. The van der Waals surface area contributed by atoms with Crippen LogP contribution in [0, 0.1) is 0 Å². The van der Waals surface area contributed by atoms with Crippen LogP contribution >= 0.6 is 0 Å². The molecule has 0 aliphatic heterocycles. The first kappa shape index (κ1) is 16.4. The maximum absolute atomic E-state index is 12.1. The Morgan fingerprint density at radius 1 is 1.00 bits per heavy atom. The summed E-state index contributed by atoms with van der Waals surface area (Å²) < 4.78 is 5.08. The van der Waals surface area contributed by atoms with Gasteiger partial charge in [-0.15, -0.1) is 0 Å². The number of hydrogen-bond donors (Lipinski definition) is 3. The Kier molecular flexibility index (Phi) is 5.57. The van der Waals surface area contributed by atoms with Crippen molar-refractivity contribution in [2.24, 2.45) is 0 Å². The topological polar surface area (TPSA) is 79.5 Å². The maximum atomic E-state index is 12.1. The molecule has 0 aliphatic rings. The summed E-state index contributed by atoms with van der Waals surface area (Å²) in [5.74, 6) is 0.620. The molecule has 0 heterocycles. The van der Waals surface area contributed by atoms with E-state index in [9.17, 15) is 9.59 Å². The van der Waals surface area contributed by atoms with Crippen LogP contribution < -0.4 is 20.7 Å². The van der Waals surface area contributed by atoms with Gasteiger partial charge >= 0.3 is 6.03 Å². The van der Waals surface area contributed by atoms with Crippen LogP contribution in [0.1, 0.15) is 5.56 Å². The Balaban J connectivity index is 1.96. The number of ether oxygens (including phenoxy) is 1. The van der Waals surface area contributed by atoms with Crippen molar-refractivity contribution >= 4 is 23.3 Å². The van der Waals surface area contributed by atoms with Crippen LogP contribution in [0.5, 0.6) is 5.75 Å². The van der Waals surface area contributed by atoms with Crippen molar-refractivity contribution in [3.8, 4) is 5.75 Å². The molecule has 0 aromatic heterocycles. The maximum Gasteiger partial charge on any atom is 0.318 e. The van der Waals surface area contributed by atoms with E-state index in [0.717, 1.165) is 11.3 Å². The first-order chi connectivity index (χ1) is 11.1. The van der Waals surface area contributed by atoms with E-state index in [1.165, 1.54) is 7.05 Å². The normalized spacial score (nSPS) is 9.83. The standard InChI is InChI=1S/C17H19N3O3/c1-18-17(22)20-14-5-3-4-13(11-14)19-16(21)10-12-6-8-15(23-2)9-7-12/h3-9,11H,10H2,1-2H3,(H,19,21)(H2,18,20,22). The molecule has 6 nitrogen and oxygen atoms in total. The zero-order chi connectivity index (χ0) is 16.7. The third-order valence-corrected chi connectivity index (χ3v) is 3.15. The highest BCUT2D eigenvalue weighted by atomic mass is 16.5. The SMILES string of the molecule is CNC(=O)Nc1cccc(NC(=O)Cc2ccc(OC)cc2)c1. The Bertz CT molecular complexity index is 684. The lowest BCUT2D eigenvalue weighted by atomic mass is 10.1. The number of carbonyl (C=O) groups excluding carboxylic acids is 2. The quantitative estimate of drug-likeness (QED) is 0.794. The number of nitrogens with one attached hydrogen (secondary N) is 3. The minimum atomic E-state index is -0.313. The Labute approximate surface area is 134 Å². The third kappa shape index (κ3) is 5.03. The largest absolute Gasteiger partial charge is 0.497 e. The molecule has 3 N–H and O–H groups in total. The highest BCUT2D eigenvalue weighted by molar-refractivity contribution is 5.94. The second-order valence-electron chi connectivity index (χ2n) is 4.86. The first-order valence-corrected chi connectivity index (χ1v) is 7.12. The molecule has 2 aromatic carbocycles. The average Bonchev–Trinajstić information content (AvgIpc) is 2.55. The summed E-state index contributed by atoms with van der Waals surface area (Å²) >= 11 is 0. The fourth-order valence-corrected chi connectivity index (χ4v) is 2.00. The smallest absolute Gasteiger partial charge is 0.318 e. The van der Waals surface area contributed by atoms with Gasteiger partial charge in [0, 0.05) is 18.4 Å². The van der Waals surface area contributed by atoms with Crippen molar-refractivity contribution in [2.75, 3.05) is 24.8 Å². The van der Waals surface area contributed by atoms with Crippen LogP contribution in [0.2, 0.25) is 0 Å². The van der Waals surface area contributed by atoms with Gasteiger partial charge in [-0.25, -0.2) is 4.79 Å². The minimum Gasteiger partial charge on any atom is -0.497 e. The summed E-state index contributed by atoms with van der Waals surface area (Å²) in [7, 11) is 3.14. The van der Waals surface area contributed by atoms with E-state index < -0.39 is 0 Å². The van der Waals surface area contributed by atoms with Gasteiger partial charge in [0.1, 0.15) is 5.75 Å². The predicted molar refractivity (Wildman–Crippen MR) is 89.8 cm³/mol. The van der Waals surface area contributed by atoms with Crippen LogP contribution in [0.15, 0.2) is 48.5 Å². The summed E-state index contributed by atoms with van der Waals surface area (Å²) in [4.78, 5) is 23.4. The van der Waals surface area contributed by atoms with Crippen molar-refractivity contribution in [2.45, 2.75) is 6.42 Å². The second kappa shape index (κ2) is 7.84. The molecule has 0 aliphatic carbocycles. The molecule has 0 atom stereocenters. The van der Waals surface area contributed by atoms with Gasteiger partial charge in [-0.3, -0.25) is 4.79 Å². The van der Waals surface area contributed by atoms with Crippen LogP contribution in [0.3, 0.4) is 0 Å². The highest BCUT2D eigenvalue weighted by Gasteiger charge is 2.06. The fourth-order valence-electron chi connectivity index (χ4n) is 2.00. The molecule has 0 bridgehead atoms. The predicted octanol–water partition coefficient (Wildman–Crippen LogP) is 2.63. The number of benzene rings is 2. The molecule has 0 unspecified atom stereocenters. The number of amides is 3. The van der Waals surface area contributed by atoms with Gasteiger partial charge in [0.2, 0.25) is 5.91 Å². The zero-order valence-electron chi connectivity index (χ0n) is 13.1. The monoisotopic (exact) mass is 313 g/mol. The number of hydrogen-bond acceptors (Lipinski definition) is 3. The van der Waals surface area contributed by atoms with Gasteiger partial charge in [-0.05, 0) is 35.9 Å². The van der Waals surface area contributed by atoms with Crippen LogP contribution in [-0.4, -0.2) is 26.1 Å². The number of methoxy groups -OCH3 is 1.